The molecule has 7 nitrogen and oxygen atoms in total. The largest absolute Gasteiger partial charge is 0.462 e. The smallest absolute Gasteiger partial charge is 0.338 e. The number of nitrogens with one attached hydrogen (secondary N) is 1. The molecular formula is C27H27N3O4S. The lowest BCUT2D eigenvalue weighted by Crippen LogP contribution is -2.27. The lowest BCUT2D eigenvalue weighted by Gasteiger charge is -2.09. The summed E-state index contributed by atoms with van der Waals surface area (Å²) < 4.78 is 6.53. The zero-order chi connectivity index (χ0) is 24.8. The van der Waals surface area contributed by atoms with Gasteiger partial charge >= 0.3 is 5.97 Å². The van der Waals surface area contributed by atoms with Crippen molar-refractivity contribution in [2.24, 2.45) is 0 Å². The van der Waals surface area contributed by atoms with Crippen molar-refractivity contribution in [1.82, 2.24) is 9.55 Å². The average molecular weight is 490 g/mol. The maximum absolute atomic E-state index is 13.3. The molecule has 1 amide bonds. The number of hydrogen-bond donors (Lipinski definition) is 1. The normalized spacial score (nSPS) is 10.9. The van der Waals surface area contributed by atoms with Crippen LogP contribution in [0.2, 0.25) is 0 Å². The van der Waals surface area contributed by atoms with E-state index in [0.29, 0.717) is 28.1 Å². The van der Waals surface area contributed by atoms with E-state index in [1.165, 1.54) is 27.8 Å². The van der Waals surface area contributed by atoms with E-state index in [4.69, 9.17) is 4.74 Å². The highest BCUT2D eigenvalue weighted by atomic mass is 32.1. The summed E-state index contributed by atoms with van der Waals surface area (Å²) >= 11 is 1.41. The molecule has 2 aromatic heterocycles. The first-order chi connectivity index (χ1) is 17.0. The molecule has 0 radical (unpaired) electrons. The van der Waals surface area contributed by atoms with E-state index in [1.54, 1.807) is 24.3 Å². The molecule has 0 aliphatic carbocycles. The summed E-state index contributed by atoms with van der Waals surface area (Å²) in [6.45, 7) is 4.28. The second kappa shape index (κ2) is 11.1. The molecular weight excluding hydrogens is 462 g/mol. The Balaban J connectivity index is 1.51. The van der Waals surface area contributed by atoms with Crippen LogP contribution in [0.1, 0.15) is 42.6 Å². The van der Waals surface area contributed by atoms with Crippen LogP contribution < -0.4 is 10.9 Å². The number of nitrogens with zero attached hydrogens (tertiary/aromatic N) is 2. The first kappa shape index (κ1) is 24.3. The number of aryl methyl sites for hydroxylation is 1. The van der Waals surface area contributed by atoms with Gasteiger partial charge in [-0.2, -0.15) is 0 Å². The number of carbonyl (C=O) groups excluding carboxylic acids is 2. The molecule has 8 heteroatoms. The third kappa shape index (κ3) is 5.66. The predicted octanol–water partition coefficient (Wildman–Crippen LogP) is 5.28. The summed E-state index contributed by atoms with van der Waals surface area (Å²) in [5.74, 6) is -0.828. The fourth-order valence-corrected chi connectivity index (χ4v) is 4.59. The van der Waals surface area contributed by atoms with Crippen LogP contribution in [-0.4, -0.2) is 28.0 Å². The first-order valence-electron chi connectivity index (χ1n) is 11.6. The molecule has 4 rings (SSSR count). The standard InChI is InChI=1S/C27H27N3O4S/c1-3-5-13-34-27(33)20-7-6-8-21(14-20)29-23(31)15-30-17-28-25-24(26(30)32)22(16-35-25)19-11-9-18(4-2)10-12-19/h6-12,14,16-17H,3-5,13,15H2,1-2H3,(H,29,31). The summed E-state index contributed by atoms with van der Waals surface area (Å²) in [5.41, 5.74) is 3.52. The molecule has 35 heavy (non-hydrogen) atoms. The van der Waals surface area contributed by atoms with Gasteiger partial charge in [0.25, 0.3) is 5.56 Å². The van der Waals surface area contributed by atoms with E-state index in [2.05, 4.69) is 29.4 Å². The number of unbranched alkanes of at least 4 members (excludes halogenated alkanes) is 1. The van der Waals surface area contributed by atoms with Crippen molar-refractivity contribution in [3.63, 3.8) is 0 Å². The zero-order valence-electron chi connectivity index (χ0n) is 19.7. The fourth-order valence-electron chi connectivity index (χ4n) is 3.68. The SMILES string of the molecule is CCCCOC(=O)c1cccc(NC(=O)Cn2cnc3scc(-c4ccc(CC)cc4)c3c2=O)c1. The van der Waals surface area contributed by atoms with Crippen LogP contribution >= 0.6 is 11.3 Å². The van der Waals surface area contributed by atoms with Crippen molar-refractivity contribution in [1.29, 1.82) is 0 Å². The molecule has 4 aromatic rings. The van der Waals surface area contributed by atoms with Crippen LogP contribution in [0.4, 0.5) is 5.69 Å². The Labute approximate surface area is 207 Å². The van der Waals surface area contributed by atoms with E-state index in [0.717, 1.165) is 30.4 Å². The predicted molar refractivity (Wildman–Crippen MR) is 139 cm³/mol. The van der Waals surface area contributed by atoms with Crippen LogP contribution in [0.25, 0.3) is 21.3 Å². The molecule has 0 unspecified atom stereocenters. The molecule has 0 bridgehead atoms. The number of rotatable bonds is 9. The quantitative estimate of drug-likeness (QED) is 0.255. The second-order valence-electron chi connectivity index (χ2n) is 8.18. The molecule has 0 aliphatic heterocycles. The van der Waals surface area contributed by atoms with Crippen LogP contribution in [0.3, 0.4) is 0 Å². The van der Waals surface area contributed by atoms with Gasteiger partial charge in [-0.1, -0.05) is 50.6 Å². The number of anilines is 1. The number of benzene rings is 2. The van der Waals surface area contributed by atoms with Gasteiger partial charge in [-0.25, -0.2) is 9.78 Å². The van der Waals surface area contributed by atoms with Gasteiger partial charge in [-0.15, -0.1) is 11.3 Å². The van der Waals surface area contributed by atoms with Gasteiger partial charge in [0.2, 0.25) is 5.91 Å². The summed E-state index contributed by atoms with van der Waals surface area (Å²) in [4.78, 5) is 43.2. The molecule has 180 valence electrons. The van der Waals surface area contributed by atoms with E-state index in [-0.39, 0.29) is 12.1 Å². The Morgan fingerprint density at radius 3 is 2.66 bits per heavy atom. The Morgan fingerprint density at radius 2 is 1.91 bits per heavy atom. The van der Waals surface area contributed by atoms with Crippen molar-refractivity contribution in [2.45, 2.75) is 39.7 Å². The van der Waals surface area contributed by atoms with Crippen LogP contribution in [0, 0.1) is 0 Å². The van der Waals surface area contributed by atoms with Gasteiger partial charge in [0.1, 0.15) is 11.4 Å². The van der Waals surface area contributed by atoms with E-state index >= 15 is 0 Å². The van der Waals surface area contributed by atoms with E-state index in [1.807, 2.05) is 24.4 Å². The molecule has 0 fully saturated rings. The molecule has 2 aromatic carbocycles. The highest BCUT2D eigenvalue weighted by Gasteiger charge is 2.15. The third-order valence-corrected chi connectivity index (χ3v) is 6.55. The molecule has 1 N–H and O–H groups in total. The topological polar surface area (TPSA) is 90.3 Å². The maximum Gasteiger partial charge on any atom is 0.338 e. The highest BCUT2D eigenvalue weighted by molar-refractivity contribution is 7.17. The minimum absolute atomic E-state index is 0.197. The van der Waals surface area contributed by atoms with Crippen LogP contribution in [0.15, 0.2) is 65.0 Å². The second-order valence-corrected chi connectivity index (χ2v) is 9.03. The minimum atomic E-state index is -0.433. The molecule has 0 aliphatic rings. The number of aromatic nitrogens is 2. The summed E-state index contributed by atoms with van der Waals surface area (Å²) in [7, 11) is 0. The lowest BCUT2D eigenvalue weighted by molar-refractivity contribution is -0.116. The van der Waals surface area contributed by atoms with Gasteiger partial charge in [0.05, 0.1) is 23.9 Å². The minimum Gasteiger partial charge on any atom is -0.462 e. The van der Waals surface area contributed by atoms with Crippen molar-refractivity contribution < 1.29 is 14.3 Å². The van der Waals surface area contributed by atoms with Gasteiger partial charge in [-0.05, 0) is 42.2 Å². The van der Waals surface area contributed by atoms with Crippen molar-refractivity contribution in [2.75, 3.05) is 11.9 Å². The van der Waals surface area contributed by atoms with Gasteiger partial charge in [0, 0.05) is 16.6 Å². The average Bonchev–Trinajstić information content (AvgIpc) is 3.31. The molecule has 0 atom stereocenters. The Bertz CT molecular complexity index is 1410. The number of ether oxygens (including phenoxy) is 1. The third-order valence-electron chi connectivity index (χ3n) is 5.66. The number of esters is 1. The Morgan fingerprint density at radius 1 is 1.11 bits per heavy atom. The number of amides is 1. The lowest BCUT2D eigenvalue weighted by atomic mass is 10.0. The summed E-state index contributed by atoms with van der Waals surface area (Å²) in [6, 6.07) is 14.7. The number of thiophene rings is 1. The van der Waals surface area contributed by atoms with Gasteiger partial charge in [-0.3, -0.25) is 14.2 Å². The maximum atomic E-state index is 13.3. The van der Waals surface area contributed by atoms with Gasteiger partial charge < -0.3 is 10.1 Å². The molecule has 0 saturated carbocycles. The summed E-state index contributed by atoms with van der Waals surface area (Å²) in [5, 5.41) is 5.18. The Kier molecular flexibility index (Phi) is 7.72. The van der Waals surface area contributed by atoms with Crippen molar-refractivity contribution >= 4 is 39.1 Å². The van der Waals surface area contributed by atoms with Crippen molar-refractivity contribution in [3.8, 4) is 11.1 Å². The molecule has 2 heterocycles. The number of fused-ring (bicyclic) bond motifs is 1. The monoisotopic (exact) mass is 489 g/mol. The fraction of sp³-hybridized carbons (Fsp3) is 0.259. The number of carbonyl (C=O) groups is 2. The Hall–Kier alpha value is -3.78. The van der Waals surface area contributed by atoms with Crippen LogP contribution in [-0.2, 0) is 22.5 Å². The van der Waals surface area contributed by atoms with E-state index in [9.17, 15) is 14.4 Å². The molecule has 0 saturated heterocycles. The number of hydrogen-bond acceptors (Lipinski definition) is 6. The van der Waals surface area contributed by atoms with Gasteiger partial charge in [0.15, 0.2) is 0 Å². The van der Waals surface area contributed by atoms with Crippen LogP contribution in [0.5, 0.6) is 0 Å². The van der Waals surface area contributed by atoms with Crippen molar-refractivity contribution in [3.05, 3.63) is 81.7 Å². The highest BCUT2D eigenvalue weighted by Crippen LogP contribution is 2.30. The molecule has 0 spiro atoms. The first-order valence-corrected chi connectivity index (χ1v) is 12.5. The zero-order valence-corrected chi connectivity index (χ0v) is 20.6. The summed E-state index contributed by atoms with van der Waals surface area (Å²) in [6.07, 6.45) is 4.07. The van der Waals surface area contributed by atoms with E-state index < -0.39 is 11.9 Å².